The maximum absolute atomic E-state index is 12.0. The molecule has 1 N–H and O–H groups in total. The molecule has 0 amide bonds. The van der Waals surface area contributed by atoms with Crippen LogP contribution < -0.4 is 4.72 Å². The Morgan fingerprint density at radius 1 is 1.16 bits per heavy atom. The van der Waals surface area contributed by atoms with Crippen molar-refractivity contribution in [1.82, 2.24) is 14.7 Å². The molecule has 100 valence electrons. The standard InChI is InChI=1S/C12H12BrN3O2S/c13-11-7-12(9-15-8-11)19(17,18)16-6-3-10-1-4-14-5-2-10/h1-2,4-5,7-9,16H,3,6H2. The molecule has 0 unspecified atom stereocenters. The Morgan fingerprint density at radius 2 is 1.89 bits per heavy atom. The summed E-state index contributed by atoms with van der Waals surface area (Å²) in [5, 5.41) is 0. The van der Waals surface area contributed by atoms with Crippen LogP contribution in [0.1, 0.15) is 5.56 Å². The van der Waals surface area contributed by atoms with Gasteiger partial charge in [0.15, 0.2) is 0 Å². The van der Waals surface area contributed by atoms with Gasteiger partial charge in [-0.15, -0.1) is 0 Å². The van der Waals surface area contributed by atoms with Gasteiger partial charge in [0.2, 0.25) is 10.0 Å². The van der Waals surface area contributed by atoms with Gasteiger partial charge in [0.05, 0.1) is 0 Å². The molecule has 0 aliphatic carbocycles. The summed E-state index contributed by atoms with van der Waals surface area (Å²) in [5.74, 6) is 0. The lowest BCUT2D eigenvalue weighted by Gasteiger charge is -2.06. The van der Waals surface area contributed by atoms with Crippen molar-refractivity contribution in [2.75, 3.05) is 6.54 Å². The van der Waals surface area contributed by atoms with E-state index in [1.54, 1.807) is 12.4 Å². The van der Waals surface area contributed by atoms with Crippen molar-refractivity contribution in [3.8, 4) is 0 Å². The van der Waals surface area contributed by atoms with Gasteiger partial charge >= 0.3 is 0 Å². The van der Waals surface area contributed by atoms with E-state index in [2.05, 4.69) is 30.6 Å². The number of hydrogen-bond donors (Lipinski definition) is 1. The molecule has 0 atom stereocenters. The predicted molar refractivity (Wildman–Crippen MR) is 75.1 cm³/mol. The lowest BCUT2D eigenvalue weighted by atomic mass is 10.2. The Kier molecular flexibility index (Phi) is 4.62. The molecule has 0 fully saturated rings. The third-order valence-corrected chi connectivity index (χ3v) is 4.31. The molecule has 2 aromatic heterocycles. The summed E-state index contributed by atoms with van der Waals surface area (Å²) in [6.07, 6.45) is 6.84. The molecule has 0 aliphatic rings. The smallest absolute Gasteiger partial charge is 0.242 e. The highest BCUT2D eigenvalue weighted by atomic mass is 79.9. The summed E-state index contributed by atoms with van der Waals surface area (Å²) >= 11 is 3.20. The van der Waals surface area contributed by atoms with Crippen molar-refractivity contribution in [3.63, 3.8) is 0 Å². The first-order chi connectivity index (χ1) is 9.08. The van der Waals surface area contributed by atoms with Gasteiger partial charge in [-0.05, 0) is 46.1 Å². The summed E-state index contributed by atoms with van der Waals surface area (Å²) in [6.45, 7) is 0.332. The van der Waals surface area contributed by atoms with E-state index in [4.69, 9.17) is 0 Å². The molecule has 2 rings (SSSR count). The van der Waals surface area contributed by atoms with Gasteiger partial charge in [-0.2, -0.15) is 0 Å². The van der Waals surface area contributed by atoms with Gasteiger partial charge in [0.1, 0.15) is 4.90 Å². The third-order valence-electron chi connectivity index (χ3n) is 2.45. The number of nitrogens with zero attached hydrogens (tertiary/aromatic N) is 2. The monoisotopic (exact) mass is 341 g/mol. The normalized spacial score (nSPS) is 11.4. The molecule has 0 aliphatic heterocycles. The lowest BCUT2D eigenvalue weighted by molar-refractivity contribution is 0.581. The van der Waals surface area contributed by atoms with E-state index >= 15 is 0 Å². The first-order valence-corrected chi connectivity index (χ1v) is 7.85. The number of pyridine rings is 2. The van der Waals surface area contributed by atoms with E-state index in [-0.39, 0.29) is 4.90 Å². The second-order valence-corrected chi connectivity index (χ2v) is 6.52. The predicted octanol–water partition coefficient (Wildman–Crippen LogP) is 1.76. The number of rotatable bonds is 5. The molecule has 2 aromatic rings. The number of sulfonamides is 1. The average Bonchev–Trinajstić information content (AvgIpc) is 2.40. The fourth-order valence-electron chi connectivity index (χ4n) is 1.50. The van der Waals surface area contributed by atoms with E-state index in [1.807, 2.05) is 12.1 Å². The average molecular weight is 342 g/mol. The summed E-state index contributed by atoms with van der Waals surface area (Å²) in [6, 6.07) is 5.23. The lowest BCUT2D eigenvalue weighted by Crippen LogP contribution is -2.26. The van der Waals surface area contributed by atoms with Crippen LogP contribution in [0, 0.1) is 0 Å². The highest BCUT2D eigenvalue weighted by molar-refractivity contribution is 9.10. The van der Waals surface area contributed by atoms with Crippen LogP contribution in [0.3, 0.4) is 0 Å². The topological polar surface area (TPSA) is 72.0 Å². The van der Waals surface area contributed by atoms with E-state index in [9.17, 15) is 8.42 Å². The minimum atomic E-state index is -3.51. The van der Waals surface area contributed by atoms with Crippen molar-refractivity contribution in [1.29, 1.82) is 0 Å². The molecule has 0 radical (unpaired) electrons. The fraction of sp³-hybridized carbons (Fsp3) is 0.167. The summed E-state index contributed by atoms with van der Waals surface area (Å²) in [4.78, 5) is 7.90. The number of hydrogen-bond acceptors (Lipinski definition) is 4. The molecule has 19 heavy (non-hydrogen) atoms. The number of nitrogens with one attached hydrogen (secondary N) is 1. The van der Waals surface area contributed by atoms with Gasteiger partial charge < -0.3 is 0 Å². The SMILES string of the molecule is O=S(=O)(NCCc1ccncc1)c1cncc(Br)c1. The van der Waals surface area contributed by atoms with Crippen LogP contribution in [-0.4, -0.2) is 24.9 Å². The molecular formula is C12H12BrN3O2S. The first kappa shape index (κ1) is 14.1. The van der Waals surface area contributed by atoms with Crippen LogP contribution in [-0.2, 0) is 16.4 Å². The van der Waals surface area contributed by atoms with Crippen molar-refractivity contribution in [2.45, 2.75) is 11.3 Å². The highest BCUT2D eigenvalue weighted by Crippen LogP contribution is 2.13. The Morgan fingerprint density at radius 3 is 2.58 bits per heavy atom. The second kappa shape index (κ2) is 6.23. The van der Waals surface area contributed by atoms with Gasteiger partial charge in [0.25, 0.3) is 0 Å². The molecular weight excluding hydrogens is 330 g/mol. The van der Waals surface area contributed by atoms with Crippen LogP contribution in [0.25, 0.3) is 0 Å². The molecule has 2 heterocycles. The maximum atomic E-state index is 12.0. The third kappa shape index (κ3) is 4.09. The molecule has 0 aromatic carbocycles. The van der Waals surface area contributed by atoms with Gasteiger partial charge in [0, 0.05) is 35.8 Å². The van der Waals surface area contributed by atoms with Gasteiger partial charge in [-0.1, -0.05) is 0 Å². The minimum absolute atomic E-state index is 0.150. The van der Waals surface area contributed by atoms with Crippen LogP contribution in [0.15, 0.2) is 52.4 Å². The fourth-order valence-corrected chi connectivity index (χ4v) is 3.04. The highest BCUT2D eigenvalue weighted by Gasteiger charge is 2.13. The van der Waals surface area contributed by atoms with Crippen LogP contribution >= 0.6 is 15.9 Å². The summed E-state index contributed by atoms with van der Waals surface area (Å²) in [7, 11) is -3.51. The van der Waals surface area contributed by atoms with Gasteiger partial charge in [-0.3, -0.25) is 9.97 Å². The molecule has 7 heteroatoms. The van der Waals surface area contributed by atoms with Gasteiger partial charge in [-0.25, -0.2) is 13.1 Å². The second-order valence-electron chi connectivity index (χ2n) is 3.84. The first-order valence-electron chi connectivity index (χ1n) is 5.57. The van der Waals surface area contributed by atoms with Crippen molar-refractivity contribution < 1.29 is 8.42 Å². The summed E-state index contributed by atoms with van der Waals surface area (Å²) in [5.41, 5.74) is 1.03. The number of halogens is 1. The Hall–Kier alpha value is -1.31. The summed E-state index contributed by atoms with van der Waals surface area (Å²) < 4.78 is 27.2. The van der Waals surface area contributed by atoms with Crippen molar-refractivity contribution in [2.24, 2.45) is 0 Å². The minimum Gasteiger partial charge on any atom is -0.265 e. The maximum Gasteiger partial charge on any atom is 0.242 e. The quantitative estimate of drug-likeness (QED) is 0.899. The number of aromatic nitrogens is 2. The molecule has 0 bridgehead atoms. The van der Waals surface area contributed by atoms with Crippen LogP contribution in [0.4, 0.5) is 0 Å². The van der Waals surface area contributed by atoms with E-state index < -0.39 is 10.0 Å². The van der Waals surface area contributed by atoms with Crippen LogP contribution in [0.5, 0.6) is 0 Å². The Bertz CT molecular complexity index is 647. The largest absolute Gasteiger partial charge is 0.265 e. The Balaban J connectivity index is 1.99. The Labute approximate surface area is 120 Å². The molecule has 0 saturated carbocycles. The van der Waals surface area contributed by atoms with E-state index in [0.29, 0.717) is 17.4 Å². The zero-order valence-corrected chi connectivity index (χ0v) is 12.4. The molecule has 0 saturated heterocycles. The van der Waals surface area contributed by atoms with Crippen LogP contribution in [0.2, 0.25) is 0 Å². The zero-order valence-electron chi connectivity index (χ0n) is 9.95. The molecule has 5 nitrogen and oxygen atoms in total. The van der Waals surface area contributed by atoms with E-state index in [1.165, 1.54) is 18.5 Å². The van der Waals surface area contributed by atoms with Crippen molar-refractivity contribution in [3.05, 3.63) is 53.0 Å². The van der Waals surface area contributed by atoms with E-state index in [0.717, 1.165) is 5.56 Å². The zero-order chi connectivity index (χ0) is 13.7. The molecule has 0 spiro atoms. The van der Waals surface area contributed by atoms with Crippen molar-refractivity contribution >= 4 is 26.0 Å².